The molecular formula is C15H15ClN2O. The third-order valence-electron chi connectivity index (χ3n) is 2.96. The zero-order chi connectivity index (χ0) is 13.7. The van der Waals surface area contributed by atoms with Crippen LogP contribution in [0.3, 0.4) is 0 Å². The number of pyridine rings is 1. The van der Waals surface area contributed by atoms with E-state index in [1.165, 1.54) is 0 Å². The quantitative estimate of drug-likeness (QED) is 0.871. The molecule has 0 atom stereocenters. The average molecular weight is 275 g/mol. The van der Waals surface area contributed by atoms with Gasteiger partial charge in [-0.2, -0.15) is 0 Å². The van der Waals surface area contributed by atoms with E-state index in [0.717, 1.165) is 16.7 Å². The Kier molecular flexibility index (Phi) is 4.53. The van der Waals surface area contributed by atoms with Crippen molar-refractivity contribution < 1.29 is 4.79 Å². The summed E-state index contributed by atoms with van der Waals surface area (Å²) in [6.45, 7) is 2.48. The maximum absolute atomic E-state index is 12.0. The minimum Gasteiger partial charge on any atom is -0.348 e. The van der Waals surface area contributed by atoms with Crippen LogP contribution in [0.4, 0.5) is 0 Å². The van der Waals surface area contributed by atoms with Crippen molar-refractivity contribution in [3.8, 4) is 0 Å². The number of halogens is 1. The number of nitrogens with one attached hydrogen (secondary N) is 1. The smallest absolute Gasteiger partial charge is 0.251 e. The minimum absolute atomic E-state index is 0.0932. The molecule has 0 aliphatic rings. The fourth-order valence-corrected chi connectivity index (χ4v) is 1.88. The first-order valence-corrected chi connectivity index (χ1v) is 6.57. The number of nitrogens with zero attached hydrogens (tertiary/aromatic N) is 1. The third-order valence-corrected chi connectivity index (χ3v) is 3.27. The summed E-state index contributed by atoms with van der Waals surface area (Å²) in [5.41, 5.74) is 3.78. The van der Waals surface area contributed by atoms with Crippen LogP contribution in [-0.4, -0.2) is 10.9 Å². The molecule has 2 rings (SSSR count). The molecule has 19 heavy (non-hydrogen) atoms. The molecule has 3 nitrogen and oxygen atoms in total. The Bertz CT molecular complexity index is 567. The number of aryl methyl sites for hydroxylation is 1. The molecule has 0 bridgehead atoms. The predicted molar refractivity (Wildman–Crippen MR) is 76.1 cm³/mol. The van der Waals surface area contributed by atoms with Crippen molar-refractivity contribution in [1.29, 1.82) is 0 Å². The molecule has 98 valence electrons. The van der Waals surface area contributed by atoms with Gasteiger partial charge in [-0.25, -0.2) is 0 Å². The molecule has 0 fully saturated rings. The van der Waals surface area contributed by atoms with Gasteiger partial charge >= 0.3 is 0 Å². The Morgan fingerprint density at radius 1 is 1.26 bits per heavy atom. The van der Waals surface area contributed by atoms with Gasteiger partial charge in [0.15, 0.2) is 0 Å². The largest absolute Gasteiger partial charge is 0.348 e. The number of amides is 1. The lowest BCUT2D eigenvalue weighted by Gasteiger charge is -2.07. The van der Waals surface area contributed by atoms with Gasteiger partial charge in [0, 0.05) is 30.4 Å². The lowest BCUT2D eigenvalue weighted by Crippen LogP contribution is -2.23. The van der Waals surface area contributed by atoms with E-state index in [0.29, 0.717) is 18.0 Å². The van der Waals surface area contributed by atoms with E-state index in [9.17, 15) is 4.79 Å². The number of carbonyl (C=O) groups excluding carboxylic acids is 1. The molecule has 0 aliphatic heterocycles. The first kappa shape index (κ1) is 13.6. The van der Waals surface area contributed by atoms with Crippen LogP contribution in [0.5, 0.6) is 0 Å². The van der Waals surface area contributed by atoms with Gasteiger partial charge in [0.05, 0.1) is 0 Å². The van der Waals surface area contributed by atoms with Gasteiger partial charge in [0.1, 0.15) is 0 Å². The van der Waals surface area contributed by atoms with Crippen LogP contribution in [0, 0.1) is 6.92 Å². The summed E-state index contributed by atoms with van der Waals surface area (Å²) in [4.78, 5) is 16.0. The molecule has 0 spiro atoms. The second-order valence-electron chi connectivity index (χ2n) is 4.32. The van der Waals surface area contributed by atoms with Gasteiger partial charge < -0.3 is 5.32 Å². The van der Waals surface area contributed by atoms with Gasteiger partial charge in [-0.05, 0) is 41.8 Å². The lowest BCUT2D eigenvalue weighted by atomic mass is 10.1. The van der Waals surface area contributed by atoms with Crippen molar-refractivity contribution in [3.63, 3.8) is 0 Å². The molecule has 4 heteroatoms. The van der Waals surface area contributed by atoms with Gasteiger partial charge in [-0.15, -0.1) is 11.6 Å². The molecular weight excluding hydrogens is 260 g/mol. The minimum atomic E-state index is -0.0932. The van der Waals surface area contributed by atoms with Crippen molar-refractivity contribution in [1.82, 2.24) is 10.3 Å². The Hall–Kier alpha value is -1.87. The fourth-order valence-electron chi connectivity index (χ4n) is 1.70. The summed E-state index contributed by atoms with van der Waals surface area (Å²) >= 11 is 5.71. The number of alkyl halides is 1. The molecule has 0 aliphatic carbocycles. The first-order chi connectivity index (χ1) is 9.20. The van der Waals surface area contributed by atoms with E-state index in [1.54, 1.807) is 24.5 Å². The Balaban J connectivity index is 1.99. The second-order valence-corrected chi connectivity index (χ2v) is 4.58. The van der Waals surface area contributed by atoms with Gasteiger partial charge in [-0.3, -0.25) is 9.78 Å². The number of benzene rings is 1. The van der Waals surface area contributed by atoms with E-state index in [2.05, 4.69) is 10.3 Å². The monoisotopic (exact) mass is 274 g/mol. The van der Waals surface area contributed by atoms with Gasteiger partial charge in [-0.1, -0.05) is 12.1 Å². The molecule has 1 amide bonds. The fraction of sp³-hybridized carbons (Fsp3) is 0.200. The number of carbonyl (C=O) groups is 1. The van der Waals surface area contributed by atoms with Crippen molar-refractivity contribution in [2.24, 2.45) is 0 Å². The van der Waals surface area contributed by atoms with Crippen LogP contribution >= 0.6 is 11.6 Å². The summed E-state index contributed by atoms with van der Waals surface area (Å²) in [6.07, 6.45) is 3.51. The van der Waals surface area contributed by atoms with Gasteiger partial charge in [0.2, 0.25) is 0 Å². The predicted octanol–water partition coefficient (Wildman–Crippen LogP) is 3.06. The van der Waals surface area contributed by atoms with Crippen molar-refractivity contribution >= 4 is 17.5 Å². The molecule has 1 aromatic heterocycles. The number of aromatic nitrogens is 1. The van der Waals surface area contributed by atoms with E-state index < -0.39 is 0 Å². The zero-order valence-corrected chi connectivity index (χ0v) is 11.4. The molecule has 0 saturated carbocycles. The average Bonchev–Trinajstić information content (AvgIpc) is 2.46. The second kappa shape index (κ2) is 6.34. The SMILES string of the molecule is Cc1ccncc1CNC(=O)c1ccc(CCl)cc1. The summed E-state index contributed by atoms with van der Waals surface area (Å²) in [6, 6.07) is 9.21. The number of rotatable bonds is 4. The molecule has 2 aromatic rings. The molecule has 1 aromatic carbocycles. The van der Waals surface area contributed by atoms with Crippen LogP contribution in [-0.2, 0) is 12.4 Å². The van der Waals surface area contributed by atoms with Gasteiger partial charge in [0.25, 0.3) is 5.91 Å². The highest BCUT2D eigenvalue weighted by atomic mass is 35.5. The van der Waals surface area contributed by atoms with Crippen LogP contribution in [0.15, 0.2) is 42.7 Å². The van der Waals surface area contributed by atoms with E-state index >= 15 is 0 Å². The lowest BCUT2D eigenvalue weighted by molar-refractivity contribution is 0.0951. The Morgan fingerprint density at radius 3 is 2.63 bits per heavy atom. The maximum Gasteiger partial charge on any atom is 0.251 e. The molecule has 1 heterocycles. The van der Waals surface area contributed by atoms with Crippen LogP contribution in [0.2, 0.25) is 0 Å². The Labute approximate surface area is 117 Å². The highest BCUT2D eigenvalue weighted by Gasteiger charge is 2.06. The maximum atomic E-state index is 12.0. The van der Waals surface area contributed by atoms with Crippen LogP contribution < -0.4 is 5.32 Å². The van der Waals surface area contributed by atoms with Crippen molar-refractivity contribution in [2.45, 2.75) is 19.3 Å². The number of hydrogen-bond acceptors (Lipinski definition) is 2. The molecule has 0 radical (unpaired) electrons. The molecule has 1 N–H and O–H groups in total. The summed E-state index contributed by atoms with van der Waals surface area (Å²) < 4.78 is 0. The molecule has 0 unspecified atom stereocenters. The van der Waals surface area contributed by atoms with Crippen molar-refractivity contribution in [3.05, 3.63) is 65.0 Å². The topological polar surface area (TPSA) is 42.0 Å². The van der Waals surface area contributed by atoms with Crippen molar-refractivity contribution in [2.75, 3.05) is 0 Å². The normalized spacial score (nSPS) is 10.2. The molecule has 0 saturated heterocycles. The standard InChI is InChI=1S/C15H15ClN2O/c1-11-6-7-17-9-14(11)10-18-15(19)13-4-2-12(8-16)3-5-13/h2-7,9H,8,10H2,1H3,(H,18,19). The first-order valence-electron chi connectivity index (χ1n) is 6.03. The summed E-state index contributed by atoms with van der Waals surface area (Å²) in [5.74, 6) is 0.362. The summed E-state index contributed by atoms with van der Waals surface area (Å²) in [7, 11) is 0. The van der Waals surface area contributed by atoms with E-state index in [1.807, 2.05) is 25.1 Å². The highest BCUT2D eigenvalue weighted by Crippen LogP contribution is 2.08. The highest BCUT2D eigenvalue weighted by molar-refractivity contribution is 6.17. The number of hydrogen-bond donors (Lipinski definition) is 1. The van der Waals surface area contributed by atoms with E-state index in [-0.39, 0.29) is 5.91 Å². The van der Waals surface area contributed by atoms with Crippen LogP contribution in [0.25, 0.3) is 0 Å². The van der Waals surface area contributed by atoms with Crippen LogP contribution in [0.1, 0.15) is 27.0 Å². The summed E-state index contributed by atoms with van der Waals surface area (Å²) in [5, 5.41) is 2.88. The van der Waals surface area contributed by atoms with E-state index in [4.69, 9.17) is 11.6 Å². The third kappa shape index (κ3) is 3.55. The zero-order valence-electron chi connectivity index (χ0n) is 10.7. The Morgan fingerprint density at radius 2 is 2.00 bits per heavy atom.